The van der Waals surface area contributed by atoms with Crippen molar-refractivity contribution < 1.29 is 38.7 Å². The van der Waals surface area contributed by atoms with Crippen molar-refractivity contribution in [3.8, 4) is 0 Å². The van der Waals surface area contributed by atoms with Gasteiger partial charge in [0.15, 0.2) is 0 Å². The van der Waals surface area contributed by atoms with Gasteiger partial charge < -0.3 is 38.7 Å². The number of carbonyl (C=O) groups is 1. The standard InChI is InChI=1S/C22H42O4.C21H38O3.C3H8O/c1-3-4-5-6-7-8-9-10-11-17(2)19-12-14-21(25-19)22-15-13-20(26-22)18(24)16-23;1-3-4-5-6-7-8-9-10-11-17(2)19-14-15-21(24-19)20-13-12-18(16-22)23-20;1-3-4-2/h17-24H,3-16H2,1-2H3;16-21H,3-15H2,1-2H3;3H2,1-2H3/t17-,18-,19-,20-,21-,22-;17-,18-,19-,20-,21-;/m11./s1. The van der Waals surface area contributed by atoms with Crippen LogP contribution in [0.5, 0.6) is 0 Å². The van der Waals surface area contributed by atoms with Crippen LogP contribution in [0.2, 0.25) is 0 Å². The van der Waals surface area contributed by atoms with Crippen molar-refractivity contribution in [2.75, 3.05) is 20.3 Å². The van der Waals surface area contributed by atoms with Gasteiger partial charge in [0.1, 0.15) is 18.5 Å². The van der Waals surface area contributed by atoms with Gasteiger partial charge in [0.05, 0.1) is 49.3 Å². The Labute approximate surface area is 332 Å². The third-order valence-electron chi connectivity index (χ3n) is 12.5. The molecule has 4 saturated heterocycles. The molecule has 4 rings (SSSR count). The van der Waals surface area contributed by atoms with Crippen molar-refractivity contribution in [3.63, 3.8) is 0 Å². The highest BCUT2D eigenvalue weighted by atomic mass is 16.6. The van der Waals surface area contributed by atoms with Gasteiger partial charge in [-0.15, -0.1) is 0 Å². The van der Waals surface area contributed by atoms with Gasteiger partial charge in [-0.05, 0) is 83.0 Å². The number of methoxy groups -OCH3 is 1. The van der Waals surface area contributed by atoms with E-state index in [1.165, 1.54) is 116 Å². The molecule has 0 bridgehead atoms. The van der Waals surface area contributed by atoms with Crippen molar-refractivity contribution in [2.24, 2.45) is 11.8 Å². The van der Waals surface area contributed by atoms with Crippen LogP contribution in [0.1, 0.15) is 202 Å². The average molecular weight is 769 g/mol. The number of aldehydes is 1. The lowest BCUT2D eigenvalue weighted by Gasteiger charge is -2.24. The zero-order valence-corrected chi connectivity index (χ0v) is 36.1. The summed E-state index contributed by atoms with van der Waals surface area (Å²) in [6.45, 7) is 11.8. The molecule has 2 N–H and O–H groups in total. The predicted octanol–water partition coefficient (Wildman–Crippen LogP) is 10.7. The molecule has 54 heavy (non-hydrogen) atoms. The van der Waals surface area contributed by atoms with E-state index in [0.29, 0.717) is 24.0 Å². The number of aliphatic hydroxyl groups is 2. The van der Waals surface area contributed by atoms with Crippen molar-refractivity contribution in [1.29, 1.82) is 0 Å². The Hall–Kier alpha value is -0.610. The second-order valence-corrected chi connectivity index (χ2v) is 17.1. The minimum atomic E-state index is -0.752. The molecule has 8 nitrogen and oxygen atoms in total. The van der Waals surface area contributed by atoms with Crippen LogP contribution in [0.25, 0.3) is 0 Å². The summed E-state index contributed by atoms with van der Waals surface area (Å²) >= 11 is 0. The second kappa shape index (κ2) is 31.4. The SMILES string of the molecule is CCCCCCCCCC[C@@H](C)[C@H]1CC[C@H]([C@H]2CC[C@H](C=O)O2)O1.CCCCCCCCCC[C@@H](C)[C@H]1CC[C@H]([C@H]2CC[C@H]([C@H](O)CO)O2)O1.CCOC. The zero-order valence-electron chi connectivity index (χ0n) is 36.1. The third-order valence-corrected chi connectivity index (χ3v) is 12.5. The maximum Gasteiger partial charge on any atom is 0.148 e. The van der Waals surface area contributed by atoms with Gasteiger partial charge in [-0.2, -0.15) is 0 Å². The van der Waals surface area contributed by atoms with Crippen LogP contribution in [-0.2, 0) is 28.5 Å². The number of hydrogen-bond acceptors (Lipinski definition) is 8. The highest BCUT2D eigenvalue weighted by molar-refractivity contribution is 5.56. The van der Waals surface area contributed by atoms with Gasteiger partial charge in [-0.25, -0.2) is 0 Å². The molecule has 8 heteroatoms. The van der Waals surface area contributed by atoms with Crippen LogP contribution < -0.4 is 0 Å². The predicted molar refractivity (Wildman–Crippen MR) is 221 cm³/mol. The molecule has 0 spiro atoms. The Morgan fingerprint density at radius 2 is 0.907 bits per heavy atom. The number of ether oxygens (including phenoxy) is 5. The summed E-state index contributed by atoms with van der Waals surface area (Å²) in [6.07, 6.45) is 33.9. The topological polar surface area (TPSA) is 104 Å². The lowest BCUT2D eigenvalue weighted by molar-refractivity contribution is -0.122. The van der Waals surface area contributed by atoms with Crippen molar-refractivity contribution in [2.45, 2.75) is 256 Å². The first-order valence-corrected chi connectivity index (χ1v) is 23.2. The van der Waals surface area contributed by atoms with Crippen molar-refractivity contribution in [1.82, 2.24) is 0 Å². The maximum absolute atomic E-state index is 10.8. The Morgan fingerprint density at radius 3 is 1.28 bits per heavy atom. The fourth-order valence-corrected chi connectivity index (χ4v) is 8.76. The first-order chi connectivity index (χ1) is 26.3. The molecule has 11 atom stereocenters. The molecule has 320 valence electrons. The molecular weight excluding hydrogens is 680 g/mol. The van der Waals surface area contributed by atoms with E-state index in [2.05, 4.69) is 32.4 Å². The van der Waals surface area contributed by atoms with E-state index in [9.17, 15) is 9.90 Å². The molecule has 0 aliphatic carbocycles. The van der Waals surface area contributed by atoms with Crippen molar-refractivity contribution >= 4 is 6.29 Å². The van der Waals surface area contributed by atoms with E-state index >= 15 is 0 Å². The van der Waals surface area contributed by atoms with Gasteiger partial charge >= 0.3 is 0 Å². The highest BCUT2D eigenvalue weighted by Crippen LogP contribution is 2.36. The maximum atomic E-state index is 10.8. The van der Waals surface area contributed by atoms with Crippen LogP contribution >= 0.6 is 0 Å². The van der Waals surface area contributed by atoms with E-state index in [1.807, 2.05) is 6.92 Å². The lowest BCUT2D eigenvalue weighted by Crippen LogP contribution is -2.33. The molecule has 0 aromatic carbocycles. The smallest absolute Gasteiger partial charge is 0.148 e. The van der Waals surface area contributed by atoms with Crippen LogP contribution in [0.3, 0.4) is 0 Å². The monoisotopic (exact) mass is 769 g/mol. The number of carbonyl (C=O) groups excluding carboxylic acids is 1. The summed E-state index contributed by atoms with van der Waals surface area (Å²) in [5, 5.41) is 18.8. The highest BCUT2D eigenvalue weighted by Gasteiger charge is 2.41. The summed E-state index contributed by atoms with van der Waals surface area (Å²) in [4.78, 5) is 10.8. The molecule has 0 unspecified atom stereocenters. The van der Waals surface area contributed by atoms with Gasteiger partial charge in [0, 0.05) is 13.7 Å². The second-order valence-electron chi connectivity index (χ2n) is 17.1. The number of rotatable bonds is 26. The van der Waals surface area contributed by atoms with Gasteiger partial charge in [0.25, 0.3) is 0 Å². The number of unbranched alkanes of at least 4 members (excludes halogenated alkanes) is 14. The average Bonchev–Trinajstić information content (AvgIpc) is 4.03. The van der Waals surface area contributed by atoms with Crippen LogP contribution in [0, 0.1) is 11.8 Å². The fraction of sp³-hybridized carbons (Fsp3) is 0.978. The van der Waals surface area contributed by atoms with Crippen molar-refractivity contribution in [3.05, 3.63) is 0 Å². The molecule has 0 aromatic rings. The van der Waals surface area contributed by atoms with Gasteiger partial charge in [-0.3, -0.25) is 0 Å². The minimum Gasteiger partial charge on any atom is -0.394 e. The molecule has 0 saturated carbocycles. The molecular formula is C46H88O8. The molecule has 4 heterocycles. The third kappa shape index (κ3) is 20.2. The fourth-order valence-electron chi connectivity index (χ4n) is 8.76. The largest absolute Gasteiger partial charge is 0.394 e. The first-order valence-electron chi connectivity index (χ1n) is 23.2. The first kappa shape index (κ1) is 49.5. The van der Waals surface area contributed by atoms with E-state index in [-0.39, 0.29) is 43.2 Å². The Bertz CT molecular complexity index is 872. The van der Waals surface area contributed by atoms with E-state index in [4.69, 9.17) is 24.1 Å². The number of hydrogen-bond donors (Lipinski definition) is 2. The minimum absolute atomic E-state index is 0.0986. The molecule has 4 fully saturated rings. The number of aliphatic hydroxyl groups excluding tert-OH is 2. The molecule has 4 aliphatic rings. The zero-order chi connectivity index (χ0) is 39.4. The molecule has 0 amide bonds. The summed E-state index contributed by atoms with van der Waals surface area (Å²) < 4.78 is 28.9. The van der Waals surface area contributed by atoms with Crippen LogP contribution in [-0.4, -0.2) is 91.8 Å². The quantitative estimate of drug-likeness (QED) is 0.0662. The van der Waals surface area contributed by atoms with Gasteiger partial charge in [0.2, 0.25) is 0 Å². The lowest BCUT2D eigenvalue weighted by atomic mass is 9.94. The molecule has 0 radical (unpaired) electrons. The summed E-state index contributed by atoms with van der Waals surface area (Å²) in [5.74, 6) is 1.28. The Balaban J connectivity index is 0.000000341. The van der Waals surface area contributed by atoms with Crippen LogP contribution in [0.15, 0.2) is 0 Å². The Kier molecular flexibility index (Phi) is 28.8. The summed E-state index contributed by atoms with van der Waals surface area (Å²) in [6, 6.07) is 0. The molecule has 0 aromatic heterocycles. The van der Waals surface area contributed by atoms with Gasteiger partial charge in [-0.1, -0.05) is 130 Å². The van der Waals surface area contributed by atoms with E-state index < -0.39 is 6.10 Å². The van der Waals surface area contributed by atoms with E-state index in [0.717, 1.165) is 64.3 Å². The molecule has 4 aliphatic heterocycles. The van der Waals surface area contributed by atoms with E-state index in [1.54, 1.807) is 7.11 Å². The normalized spacial score (nSPS) is 29.6. The summed E-state index contributed by atoms with van der Waals surface area (Å²) in [5.41, 5.74) is 0. The van der Waals surface area contributed by atoms with Crippen LogP contribution in [0.4, 0.5) is 0 Å². The Morgan fingerprint density at radius 1 is 0.556 bits per heavy atom. The summed E-state index contributed by atoms with van der Waals surface area (Å²) in [7, 11) is 1.68.